The third-order valence-electron chi connectivity index (χ3n) is 3.01. The first-order valence-corrected chi connectivity index (χ1v) is 6.00. The Kier molecular flexibility index (Phi) is 2.98. The van der Waals surface area contributed by atoms with E-state index >= 15 is 0 Å². The van der Waals surface area contributed by atoms with Gasteiger partial charge in [-0.25, -0.2) is 0 Å². The Bertz CT molecular complexity index is 718. The number of aromatic nitrogens is 1. The molecule has 2 aromatic rings. The van der Waals surface area contributed by atoms with Crippen LogP contribution in [0.3, 0.4) is 0 Å². The van der Waals surface area contributed by atoms with E-state index in [0.29, 0.717) is 28.3 Å². The third kappa shape index (κ3) is 2.04. The van der Waals surface area contributed by atoms with Gasteiger partial charge in [-0.1, -0.05) is 6.07 Å². The van der Waals surface area contributed by atoms with Gasteiger partial charge in [0.25, 0.3) is 0 Å². The summed E-state index contributed by atoms with van der Waals surface area (Å²) in [6, 6.07) is 11.0. The maximum Gasteiger partial charge on any atom is 0.231 e. The predicted molar refractivity (Wildman–Crippen MR) is 73.4 cm³/mol. The van der Waals surface area contributed by atoms with Crippen molar-refractivity contribution >= 4 is 11.3 Å². The number of rotatable bonds is 2. The number of hydrogen-bond acceptors (Lipinski definition) is 5. The standard InChI is InChI=1S/C15H11N3O2/c16-7-12(11-2-1-5-18-8-11)15(17)10-3-4-13-14(6-10)20-9-19-13/h1-6,8H,9,17H2/b15-12-. The summed E-state index contributed by atoms with van der Waals surface area (Å²) in [5.74, 6) is 1.32. The Balaban J connectivity index is 2.08. The fraction of sp³-hybridized carbons (Fsp3) is 0.0667. The molecule has 20 heavy (non-hydrogen) atoms. The molecule has 5 nitrogen and oxygen atoms in total. The summed E-state index contributed by atoms with van der Waals surface area (Å²) >= 11 is 0. The van der Waals surface area contributed by atoms with E-state index in [1.54, 1.807) is 42.7 Å². The number of ether oxygens (including phenoxy) is 2. The summed E-state index contributed by atoms with van der Waals surface area (Å²) in [6.45, 7) is 0.204. The van der Waals surface area contributed by atoms with Crippen LogP contribution in [0.1, 0.15) is 11.1 Å². The van der Waals surface area contributed by atoms with E-state index in [4.69, 9.17) is 15.2 Å². The molecule has 0 spiro atoms. The highest BCUT2D eigenvalue weighted by atomic mass is 16.7. The molecule has 1 aromatic heterocycles. The van der Waals surface area contributed by atoms with Gasteiger partial charge in [-0.15, -0.1) is 0 Å². The molecular formula is C15H11N3O2. The molecule has 1 aliphatic heterocycles. The van der Waals surface area contributed by atoms with Gasteiger partial charge < -0.3 is 15.2 Å². The van der Waals surface area contributed by atoms with Crippen molar-refractivity contribution in [3.8, 4) is 17.6 Å². The Morgan fingerprint density at radius 2 is 2.05 bits per heavy atom. The van der Waals surface area contributed by atoms with Gasteiger partial charge in [0.2, 0.25) is 6.79 Å². The molecule has 1 aliphatic rings. The minimum atomic E-state index is 0.204. The number of benzene rings is 1. The van der Waals surface area contributed by atoms with Crippen LogP contribution < -0.4 is 15.2 Å². The molecule has 2 N–H and O–H groups in total. The van der Waals surface area contributed by atoms with Gasteiger partial charge in [-0.05, 0) is 24.3 Å². The molecule has 0 bridgehead atoms. The SMILES string of the molecule is N#C/C(=C(/N)c1ccc2c(c1)OCO2)c1cccnc1. The van der Waals surface area contributed by atoms with Crippen LogP contribution in [0.5, 0.6) is 11.5 Å². The van der Waals surface area contributed by atoms with Crippen molar-refractivity contribution in [2.45, 2.75) is 0 Å². The molecule has 0 amide bonds. The van der Waals surface area contributed by atoms with Gasteiger partial charge in [0.1, 0.15) is 6.07 Å². The van der Waals surface area contributed by atoms with Crippen LogP contribution in [0.25, 0.3) is 11.3 Å². The lowest BCUT2D eigenvalue weighted by atomic mass is 10.0. The summed E-state index contributed by atoms with van der Waals surface area (Å²) < 4.78 is 10.6. The molecule has 2 heterocycles. The Morgan fingerprint density at radius 1 is 1.20 bits per heavy atom. The molecule has 0 atom stereocenters. The largest absolute Gasteiger partial charge is 0.454 e. The highest BCUT2D eigenvalue weighted by molar-refractivity contribution is 5.96. The summed E-state index contributed by atoms with van der Waals surface area (Å²) in [7, 11) is 0. The van der Waals surface area contributed by atoms with Gasteiger partial charge in [0, 0.05) is 23.5 Å². The van der Waals surface area contributed by atoms with Crippen molar-refractivity contribution in [1.82, 2.24) is 4.98 Å². The summed E-state index contributed by atoms with van der Waals surface area (Å²) in [6.07, 6.45) is 3.26. The minimum Gasteiger partial charge on any atom is -0.454 e. The smallest absolute Gasteiger partial charge is 0.231 e. The normalized spacial score (nSPS) is 13.6. The van der Waals surface area contributed by atoms with Gasteiger partial charge in [0.05, 0.1) is 11.3 Å². The number of nitriles is 1. The van der Waals surface area contributed by atoms with E-state index in [0.717, 1.165) is 5.56 Å². The highest BCUT2D eigenvalue weighted by Crippen LogP contribution is 2.34. The molecule has 0 unspecified atom stereocenters. The van der Waals surface area contributed by atoms with Crippen molar-refractivity contribution in [3.63, 3.8) is 0 Å². The molecule has 1 aromatic carbocycles. The van der Waals surface area contributed by atoms with Crippen molar-refractivity contribution in [2.75, 3.05) is 6.79 Å². The van der Waals surface area contributed by atoms with Crippen LogP contribution >= 0.6 is 0 Å². The first kappa shape index (κ1) is 12.1. The van der Waals surface area contributed by atoms with Crippen LogP contribution in [-0.2, 0) is 0 Å². The first-order valence-electron chi connectivity index (χ1n) is 6.00. The van der Waals surface area contributed by atoms with Gasteiger partial charge in [-0.2, -0.15) is 5.26 Å². The number of hydrogen-bond donors (Lipinski definition) is 1. The van der Waals surface area contributed by atoms with Crippen LogP contribution in [0.15, 0.2) is 42.7 Å². The van der Waals surface area contributed by atoms with E-state index in [-0.39, 0.29) is 6.79 Å². The lowest BCUT2D eigenvalue weighted by Gasteiger charge is -2.07. The molecule has 0 radical (unpaired) electrons. The Hall–Kier alpha value is -3.00. The second kappa shape index (κ2) is 4.94. The van der Waals surface area contributed by atoms with Gasteiger partial charge in [-0.3, -0.25) is 4.98 Å². The molecule has 3 rings (SSSR count). The Labute approximate surface area is 115 Å². The monoisotopic (exact) mass is 265 g/mol. The fourth-order valence-corrected chi connectivity index (χ4v) is 2.00. The summed E-state index contributed by atoms with van der Waals surface area (Å²) in [4.78, 5) is 4.00. The predicted octanol–water partition coefficient (Wildman–Crippen LogP) is 2.16. The number of allylic oxidation sites excluding steroid dienone is 1. The molecule has 0 fully saturated rings. The van der Waals surface area contributed by atoms with Crippen molar-refractivity contribution < 1.29 is 9.47 Å². The zero-order valence-electron chi connectivity index (χ0n) is 10.5. The molecular weight excluding hydrogens is 254 g/mol. The zero-order valence-corrected chi connectivity index (χ0v) is 10.5. The third-order valence-corrected chi connectivity index (χ3v) is 3.01. The van der Waals surface area contributed by atoms with Gasteiger partial charge >= 0.3 is 0 Å². The van der Waals surface area contributed by atoms with E-state index in [9.17, 15) is 5.26 Å². The van der Waals surface area contributed by atoms with Gasteiger partial charge in [0.15, 0.2) is 11.5 Å². The van der Waals surface area contributed by atoms with E-state index in [2.05, 4.69) is 11.1 Å². The molecule has 0 saturated carbocycles. The fourth-order valence-electron chi connectivity index (χ4n) is 2.00. The average Bonchev–Trinajstić information content (AvgIpc) is 2.96. The number of nitrogens with two attached hydrogens (primary N) is 1. The summed E-state index contributed by atoms with van der Waals surface area (Å²) in [5.41, 5.74) is 8.29. The second-order valence-electron chi connectivity index (χ2n) is 4.21. The lowest BCUT2D eigenvalue weighted by molar-refractivity contribution is 0.174. The number of nitrogens with zero attached hydrogens (tertiary/aromatic N) is 2. The van der Waals surface area contributed by atoms with Crippen LogP contribution in [0.4, 0.5) is 0 Å². The topological polar surface area (TPSA) is 81.2 Å². The summed E-state index contributed by atoms with van der Waals surface area (Å²) in [5, 5.41) is 9.33. The average molecular weight is 265 g/mol. The molecule has 5 heteroatoms. The number of pyridine rings is 1. The maximum atomic E-state index is 9.33. The molecule has 0 aliphatic carbocycles. The van der Waals surface area contributed by atoms with E-state index in [1.165, 1.54) is 0 Å². The van der Waals surface area contributed by atoms with Crippen LogP contribution in [0, 0.1) is 11.3 Å². The van der Waals surface area contributed by atoms with Crippen molar-refractivity contribution in [2.24, 2.45) is 5.73 Å². The minimum absolute atomic E-state index is 0.204. The van der Waals surface area contributed by atoms with Crippen molar-refractivity contribution in [1.29, 1.82) is 5.26 Å². The van der Waals surface area contributed by atoms with Crippen LogP contribution in [-0.4, -0.2) is 11.8 Å². The Morgan fingerprint density at radius 3 is 2.80 bits per heavy atom. The van der Waals surface area contributed by atoms with E-state index in [1.807, 2.05) is 0 Å². The highest BCUT2D eigenvalue weighted by Gasteiger charge is 2.16. The lowest BCUT2D eigenvalue weighted by Crippen LogP contribution is -2.01. The molecule has 0 saturated heterocycles. The van der Waals surface area contributed by atoms with Crippen LogP contribution in [0.2, 0.25) is 0 Å². The number of fused-ring (bicyclic) bond motifs is 1. The maximum absolute atomic E-state index is 9.33. The second-order valence-corrected chi connectivity index (χ2v) is 4.21. The molecule has 98 valence electrons. The zero-order chi connectivity index (χ0) is 13.9. The van der Waals surface area contributed by atoms with E-state index < -0.39 is 0 Å². The first-order chi connectivity index (χ1) is 9.79. The van der Waals surface area contributed by atoms with Crippen molar-refractivity contribution in [3.05, 3.63) is 53.9 Å². The quantitative estimate of drug-likeness (QED) is 0.841.